The lowest BCUT2D eigenvalue weighted by Crippen LogP contribution is -2.04. The SMILES string of the molecule is C[CH]CC(O)CCCC. The van der Waals surface area contributed by atoms with Gasteiger partial charge in [0.25, 0.3) is 0 Å². The lowest BCUT2D eigenvalue weighted by molar-refractivity contribution is 0.160. The molecule has 0 saturated carbocycles. The fourth-order valence-corrected chi connectivity index (χ4v) is 0.830. The first kappa shape index (κ1) is 8.96. The molecule has 0 aliphatic heterocycles. The average Bonchev–Trinajstić information content (AvgIpc) is 1.85. The maximum Gasteiger partial charge on any atom is 0.0542 e. The number of aliphatic hydroxyl groups is 1. The Labute approximate surface area is 58.1 Å². The molecule has 1 N–H and O–H groups in total. The minimum atomic E-state index is -0.0880. The first-order chi connectivity index (χ1) is 4.31. The molecular formula is C8H17O. The van der Waals surface area contributed by atoms with Crippen LogP contribution in [0.25, 0.3) is 0 Å². The average molecular weight is 129 g/mol. The fourth-order valence-electron chi connectivity index (χ4n) is 0.830. The molecule has 0 heterocycles. The van der Waals surface area contributed by atoms with E-state index in [1.807, 2.05) is 13.3 Å². The monoisotopic (exact) mass is 129 g/mol. The summed E-state index contributed by atoms with van der Waals surface area (Å²) in [5.41, 5.74) is 0. The van der Waals surface area contributed by atoms with Gasteiger partial charge in [-0.1, -0.05) is 26.7 Å². The maximum absolute atomic E-state index is 9.15. The third-order valence-electron chi connectivity index (χ3n) is 1.40. The van der Waals surface area contributed by atoms with Crippen molar-refractivity contribution in [1.82, 2.24) is 0 Å². The van der Waals surface area contributed by atoms with Gasteiger partial charge in [-0.25, -0.2) is 0 Å². The molecule has 0 rings (SSSR count). The summed E-state index contributed by atoms with van der Waals surface area (Å²) < 4.78 is 0. The molecule has 0 aromatic heterocycles. The van der Waals surface area contributed by atoms with Crippen LogP contribution in [0.15, 0.2) is 0 Å². The van der Waals surface area contributed by atoms with Crippen molar-refractivity contribution in [3.63, 3.8) is 0 Å². The molecule has 1 heteroatoms. The van der Waals surface area contributed by atoms with Crippen LogP contribution >= 0.6 is 0 Å². The zero-order valence-electron chi connectivity index (χ0n) is 6.43. The molecule has 0 spiro atoms. The van der Waals surface area contributed by atoms with Crippen molar-refractivity contribution in [2.45, 2.75) is 45.6 Å². The first-order valence-corrected chi connectivity index (χ1v) is 3.77. The van der Waals surface area contributed by atoms with Gasteiger partial charge in [0, 0.05) is 0 Å². The van der Waals surface area contributed by atoms with E-state index in [-0.39, 0.29) is 6.10 Å². The van der Waals surface area contributed by atoms with Crippen molar-refractivity contribution in [3.8, 4) is 0 Å². The van der Waals surface area contributed by atoms with Gasteiger partial charge in [-0.15, -0.1) is 0 Å². The van der Waals surface area contributed by atoms with Crippen molar-refractivity contribution in [2.75, 3.05) is 0 Å². The fraction of sp³-hybridized carbons (Fsp3) is 0.875. The molecule has 0 bridgehead atoms. The lowest BCUT2D eigenvalue weighted by atomic mass is 10.1. The summed E-state index contributed by atoms with van der Waals surface area (Å²) in [5, 5.41) is 9.15. The summed E-state index contributed by atoms with van der Waals surface area (Å²) in [6.07, 6.45) is 6.06. The highest BCUT2D eigenvalue weighted by Gasteiger charge is 1.99. The number of hydrogen-bond acceptors (Lipinski definition) is 1. The van der Waals surface area contributed by atoms with Crippen LogP contribution in [0.4, 0.5) is 0 Å². The second kappa shape index (κ2) is 6.09. The van der Waals surface area contributed by atoms with Crippen molar-refractivity contribution < 1.29 is 5.11 Å². The number of hydrogen-bond donors (Lipinski definition) is 1. The Morgan fingerprint density at radius 3 is 2.67 bits per heavy atom. The van der Waals surface area contributed by atoms with Gasteiger partial charge in [-0.2, -0.15) is 0 Å². The summed E-state index contributed by atoms with van der Waals surface area (Å²) in [6, 6.07) is 0. The lowest BCUT2D eigenvalue weighted by Gasteiger charge is -2.06. The Kier molecular flexibility index (Phi) is 6.06. The van der Waals surface area contributed by atoms with Gasteiger partial charge in [-0.3, -0.25) is 0 Å². The molecule has 0 aromatic carbocycles. The largest absolute Gasteiger partial charge is 0.393 e. The molecule has 0 aromatic rings. The predicted molar refractivity (Wildman–Crippen MR) is 40.1 cm³/mol. The van der Waals surface area contributed by atoms with Gasteiger partial charge < -0.3 is 5.11 Å². The zero-order valence-corrected chi connectivity index (χ0v) is 6.43. The third-order valence-corrected chi connectivity index (χ3v) is 1.40. The van der Waals surface area contributed by atoms with E-state index in [9.17, 15) is 0 Å². The van der Waals surface area contributed by atoms with Gasteiger partial charge in [0.1, 0.15) is 0 Å². The second-order valence-corrected chi connectivity index (χ2v) is 2.44. The predicted octanol–water partition coefficient (Wildman–Crippen LogP) is 2.15. The summed E-state index contributed by atoms with van der Waals surface area (Å²) in [6.45, 7) is 4.12. The molecule has 0 aliphatic carbocycles. The van der Waals surface area contributed by atoms with Crippen LogP contribution in [0.2, 0.25) is 0 Å². The van der Waals surface area contributed by atoms with Gasteiger partial charge >= 0.3 is 0 Å². The highest BCUT2D eigenvalue weighted by Crippen LogP contribution is 2.04. The van der Waals surface area contributed by atoms with E-state index in [1.165, 1.54) is 6.42 Å². The highest BCUT2D eigenvalue weighted by atomic mass is 16.3. The molecule has 9 heavy (non-hydrogen) atoms. The normalized spacial score (nSPS) is 13.7. The minimum Gasteiger partial charge on any atom is -0.393 e. The first-order valence-electron chi connectivity index (χ1n) is 3.77. The standard InChI is InChI=1S/C8H17O/c1-3-5-7-8(9)6-4-2/h4,8-9H,3,5-7H2,1-2H3. The molecule has 55 valence electrons. The second-order valence-electron chi connectivity index (χ2n) is 2.44. The van der Waals surface area contributed by atoms with Crippen LogP contribution in [0.3, 0.4) is 0 Å². The van der Waals surface area contributed by atoms with Crippen molar-refractivity contribution in [1.29, 1.82) is 0 Å². The highest BCUT2D eigenvalue weighted by molar-refractivity contribution is 4.64. The summed E-state index contributed by atoms with van der Waals surface area (Å²) in [7, 11) is 0. The van der Waals surface area contributed by atoms with E-state index >= 15 is 0 Å². The van der Waals surface area contributed by atoms with Crippen LogP contribution in [-0.2, 0) is 0 Å². The number of unbranched alkanes of at least 4 members (excludes halogenated alkanes) is 1. The molecule has 0 amide bonds. The van der Waals surface area contributed by atoms with E-state index in [1.54, 1.807) is 0 Å². The Balaban J connectivity index is 2.95. The summed E-state index contributed by atoms with van der Waals surface area (Å²) >= 11 is 0. The van der Waals surface area contributed by atoms with Crippen molar-refractivity contribution >= 4 is 0 Å². The zero-order chi connectivity index (χ0) is 7.11. The maximum atomic E-state index is 9.15. The quantitative estimate of drug-likeness (QED) is 0.603. The van der Waals surface area contributed by atoms with E-state index in [0.29, 0.717) is 0 Å². The Morgan fingerprint density at radius 1 is 1.56 bits per heavy atom. The van der Waals surface area contributed by atoms with Crippen LogP contribution in [0, 0.1) is 6.42 Å². The van der Waals surface area contributed by atoms with E-state index in [2.05, 4.69) is 6.92 Å². The Bertz CT molecular complexity index is 52.5. The van der Waals surface area contributed by atoms with Crippen LogP contribution < -0.4 is 0 Å². The Hall–Kier alpha value is -0.0400. The summed E-state index contributed by atoms with van der Waals surface area (Å²) in [5.74, 6) is 0. The third kappa shape index (κ3) is 5.84. The molecule has 1 atom stereocenters. The molecule has 1 nitrogen and oxygen atoms in total. The number of rotatable bonds is 5. The topological polar surface area (TPSA) is 20.2 Å². The molecule has 1 radical (unpaired) electrons. The van der Waals surface area contributed by atoms with Crippen LogP contribution in [-0.4, -0.2) is 11.2 Å². The van der Waals surface area contributed by atoms with Crippen molar-refractivity contribution in [3.05, 3.63) is 6.42 Å². The minimum absolute atomic E-state index is 0.0880. The molecule has 1 unspecified atom stereocenters. The van der Waals surface area contributed by atoms with E-state index in [4.69, 9.17) is 5.11 Å². The molecule has 0 aliphatic rings. The van der Waals surface area contributed by atoms with Gasteiger partial charge in [0.15, 0.2) is 0 Å². The van der Waals surface area contributed by atoms with E-state index < -0.39 is 0 Å². The Morgan fingerprint density at radius 2 is 2.22 bits per heavy atom. The van der Waals surface area contributed by atoms with Gasteiger partial charge in [-0.05, 0) is 19.3 Å². The van der Waals surface area contributed by atoms with Crippen LogP contribution in [0.1, 0.15) is 39.5 Å². The van der Waals surface area contributed by atoms with E-state index in [0.717, 1.165) is 19.3 Å². The van der Waals surface area contributed by atoms with Gasteiger partial charge in [0.2, 0.25) is 0 Å². The molecule has 0 fully saturated rings. The molecule has 0 saturated heterocycles. The van der Waals surface area contributed by atoms with Crippen LogP contribution in [0.5, 0.6) is 0 Å². The van der Waals surface area contributed by atoms with Crippen molar-refractivity contribution in [2.24, 2.45) is 0 Å². The number of aliphatic hydroxyl groups excluding tert-OH is 1. The van der Waals surface area contributed by atoms with Gasteiger partial charge in [0.05, 0.1) is 6.10 Å². The smallest absolute Gasteiger partial charge is 0.0542 e. The summed E-state index contributed by atoms with van der Waals surface area (Å²) in [4.78, 5) is 0. The molecular weight excluding hydrogens is 112 g/mol.